The molecule has 0 saturated carbocycles. The highest BCUT2D eigenvalue weighted by Gasteiger charge is 2.25. The second kappa shape index (κ2) is 7.57. The maximum Gasteiger partial charge on any atom is 0.261 e. The van der Waals surface area contributed by atoms with Gasteiger partial charge >= 0.3 is 0 Å². The van der Waals surface area contributed by atoms with Crippen molar-refractivity contribution in [1.29, 1.82) is 0 Å². The van der Waals surface area contributed by atoms with Crippen LogP contribution in [0.2, 0.25) is 0 Å². The van der Waals surface area contributed by atoms with Gasteiger partial charge in [0.2, 0.25) is 0 Å². The van der Waals surface area contributed by atoms with Gasteiger partial charge in [0.1, 0.15) is 5.82 Å². The molecule has 3 aromatic rings. The summed E-state index contributed by atoms with van der Waals surface area (Å²) < 4.78 is 40.7. The molecule has 1 aliphatic rings. The Morgan fingerprint density at radius 1 is 0.967 bits per heavy atom. The number of anilines is 2. The topological polar surface area (TPSA) is 92.3 Å². The third-order valence-electron chi connectivity index (χ3n) is 4.52. The molecule has 0 aliphatic carbocycles. The van der Waals surface area contributed by atoms with Crippen molar-refractivity contribution < 1.29 is 22.4 Å². The standard InChI is InChI=1S/C22H15FN2O4S/c23-15-8-11-20-18(12-15)19(22(27)24-20)13-21(26)14-6-9-16(10-7-14)25-30(28,29)17-4-2-1-3-5-17/h1-13,25H,(H,24,27)/b19-13+. The molecule has 0 fully saturated rings. The van der Waals surface area contributed by atoms with E-state index in [2.05, 4.69) is 10.0 Å². The summed E-state index contributed by atoms with van der Waals surface area (Å²) in [5, 5.41) is 2.58. The van der Waals surface area contributed by atoms with Crippen molar-refractivity contribution in [3.05, 3.63) is 95.8 Å². The lowest BCUT2D eigenvalue weighted by Gasteiger charge is -2.08. The highest BCUT2D eigenvalue weighted by atomic mass is 32.2. The Hall–Kier alpha value is -3.78. The summed E-state index contributed by atoms with van der Waals surface area (Å²) in [6, 6.07) is 17.5. The Kier molecular flexibility index (Phi) is 4.93. The van der Waals surface area contributed by atoms with Crippen LogP contribution in [0.25, 0.3) is 5.57 Å². The van der Waals surface area contributed by atoms with Gasteiger partial charge in [-0.25, -0.2) is 12.8 Å². The predicted octanol–water partition coefficient (Wildman–Crippen LogP) is 3.84. The number of carbonyl (C=O) groups is 2. The van der Waals surface area contributed by atoms with Crippen LogP contribution in [0.3, 0.4) is 0 Å². The number of rotatable bonds is 5. The second-order valence-corrected chi connectivity index (χ2v) is 8.24. The second-order valence-electron chi connectivity index (χ2n) is 6.56. The Morgan fingerprint density at radius 2 is 1.67 bits per heavy atom. The van der Waals surface area contributed by atoms with E-state index in [-0.39, 0.29) is 21.7 Å². The van der Waals surface area contributed by atoms with Crippen molar-refractivity contribution >= 4 is 38.7 Å². The third kappa shape index (κ3) is 3.85. The van der Waals surface area contributed by atoms with E-state index < -0.39 is 27.5 Å². The molecule has 1 aliphatic heterocycles. The fourth-order valence-corrected chi connectivity index (χ4v) is 4.11. The number of allylic oxidation sites excluding steroid dienone is 1. The molecule has 30 heavy (non-hydrogen) atoms. The van der Waals surface area contributed by atoms with E-state index in [1.807, 2.05) is 0 Å². The molecule has 0 bridgehead atoms. The number of benzene rings is 3. The van der Waals surface area contributed by atoms with Crippen LogP contribution < -0.4 is 10.0 Å². The summed E-state index contributed by atoms with van der Waals surface area (Å²) in [6.07, 6.45) is 1.14. The van der Waals surface area contributed by atoms with Gasteiger partial charge in [-0.05, 0) is 60.7 Å². The Bertz CT molecular complexity index is 1280. The number of halogens is 1. The monoisotopic (exact) mass is 422 g/mol. The lowest BCUT2D eigenvalue weighted by molar-refractivity contribution is -0.110. The van der Waals surface area contributed by atoms with Crippen LogP contribution in [0.1, 0.15) is 15.9 Å². The van der Waals surface area contributed by atoms with Crippen LogP contribution in [0.5, 0.6) is 0 Å². The van der Waals surface area contributed by atoms with Crippen molar-refractivity contribution in [1.82, 2.24) is 0 Å². The number of nitrogens with one attached hydrogen (secondary N) is 2. The number of carbonyl (C=O) groups excluding carboxylic acids is 2. The zero-order chi connectivity index (χ0) is 21.3. The smallest absolute Gasteiger partial charge is 0.261 e. The Morgan fingerprint density at radius 3 is 2.37 bits per heavy atom. The lowest BCUT2D eigenvalue weighted by atomic mass is 10.0. The summed E-state index contributed by atoms with van der Waals surface area (Å²) in [7, 11) is -3.75. The average molecular weight is 422 g/mol. The fraction of sp³-hybridized carbons (Fsp3) is 0. The van der Waals surface area contributed by atoms with Crippen LogP contribution >= 0.6 is 0 Å². The minimum absolute atomic E-state index is 0.0726. The van der Waals surface area contributed by atoms with E-state index in [1.165, 1.54) is 54.6 Å². The molecule has 150 valence electrons. The number of sulfonamides is 1. The molecule has 2 N–H and O–H groups in total. The van der Waals surface area contributed by atoms with Gasteiger partial charge in [0.05, 0.1) is 10.5 Å². The molecule has 6 nitrogen and oxygen atoms in total. The van der Waals surface area contributed by atoms with Gasteiger partial charge in [-0.15, -0.1) is 0 Å². The van der Waals surface area contributed by atoms with E-state index in [0.717, 1.165) is 6.08 Å². The minimum atomic E-state index is -3.75. The predicted molar refractivity (Wildman–Crippen MR) is 111 cm³/mol. The van der Waals surface area contributed by atoms with Gasteiger partial charge in [0.25, 0.3) is 15.9 Å². The van der Waals surface area contributed by atoms with Crippen LogP contribution in [0, 0.1) is 5.82 Å². The molecule has 0 atom stereocenters. The number of hydrogen-bond donors (Lipinski definition) is 2. The van der Waals surface area contributed by atoms with Crippen LogP contribution in [-0.2, 0) is 14.8 Å². The first-order valence-electron chi connectivity index (χ1n) is 8.89. The van der Waals surface area contributed by atoms with Gasteiger partial charge in [-0.3, -0.25) is 14.3 Å². The first-order valence-corrected chi connectivity index (χ1v) is 10.4. The maximum absolute atomic E-state index is 13.5. The summed E-state index contributed by atoms with van der Waals surface area (Å²) in [5.74, 6) is -1.47. The molecular formula is C22H15FN2O4S. The quantitative estimate of drug-likeness (QED) is 0.483. The molecule has 1 heterocycles. The molecule has 3 aromatic carbocycles. The molecule has 0 spiro atoms. The normalized spacial score (nSPS) is 14.3. The molecule has 0 aromatic heterocycles. The van der Waals surface area contributed by atoms with E-state index >= 15 is 0 Å². The first-order chi connectivity index (χ1) is 14.3. The Balaban J connectivity index is 1.55. The molecule has 0 unspecified atom stereocenters. The third-order valence-corrected chi connectivity index (χ3v) is 5.91. The van der Waals surface area contributed by atoms with E-state index in [9.17, 15) is 22.4 Å². The first kappa shape index (κ1) is 19.5. The molecule has 0 radical (unpaired) electrons. The highest BCUT2D eigenvalue weighted by molar-refractivity contribution is 7.92. The minimum Gasteiger partial charge on any atom is -0.321 e. The number of ketones is 1. The van der Waals surface area contributed by atoms with Crippen LogP contribution in [-0.4, -0.2) is 20.1 Å². The summed E-state index contributed by atoms with van der Waals surface area (Å²) >= 11 is 0. The number of fused-ring (bicyclic) bond motifs is 1. The SMILES string of the molecule is O=C1Nc2ccc(F)cc2/C1=C\C(=O)c1ccc(NS(=O)(=O)c2ccccc2)cc1. The van der Waals surface area contributed by atoms with Gasteiger partial charge in [0.15, 0.2) is 5.78 Å². The van der Waals surface area contributed by atoms with Gasteiger partial charge in [-0.1, -0.05) is 18.2 Å². The zero-order valence-electron chi connectivity index (χ0n) is 15.4. The van der Waals surface area contributed by atoms with Crippen molar-refractivity contribution in [2.24, 2.45) is 0 Å². The fourth-order valence-electron chi connectivity index (χ4n) is 3.03. The zero-order valence-corrected chi connectivity index (χ0v) is 16.2. The van der Waals surface area contributed by atoms with Crippen molar-refractivity contribution in [2.75, 3.05) is 10.0 Å². The number of hydrogen-bond acceptors (Lipinski definition) is 4. The largest absolute Gasteiger partial charge is 0.321 e. The highest BCUT2D eigenvalue weighted by Crippen LogP contribution is 2.32. The van der Waals surface area contributed by atoms with E-state index in [1.54, 1.807) is 18.2 Å². The van der Waals surface area contributed by atoms with Crippen molar-refractivity contribution in [3.8, 4) is 0 Å². The van der Waals surface area contributed by atoms with Crippen LogP contribution in [0.15, 0.2) is 83.8 Å². The van der Waals surface area contributed by atoms with Gasteiger partial charge < -0.3 is 5.32 Å². The lowest BCUT2D eigenvalue weighted by Crippen LogP contribution is -2.12. The molecular weight excluding hydrogens is 407 g/mol. The summed E-state index contributed by atoms with van der Waals surface area (Å²) in [5.41, 5.74) is 1.37. The van der Waals surface area contributed by atoms with Crippen molar-refractivity contribution in [2.45, 2.75) is 4.90 Å². The van der Waals surface area contributed by atoms with E-state index in [0.29, 0.717) is 11.3 Å². The summed E-state index contributed by atoms with van der Waals surface area (Å²) in [4.78, 5) is 24.8. The Labute approximate surface area is 172 Å². The average Bonchev–Trinajstić information content (AvgIpc) is 3.03. The summed E-state index contributed by atoms with van der Waals surface area (Å²) in [6.45, 7) is 0. The molecule has 1 amide bonds. The molecule has 8 heteroatoms. The molecule has 4 rings (SSSR count). The number of amides is 1. The van der Waals surface area contributed by atoms with Crippen molar-refractivity contribution in [3.63, 3.8) is 0 Å². The molecule has 0 saturated heterocycles. The van der Waals surface area contributed by atoms with E-state index in [4.69, 9.17) is 0 Å². The van der Waals surface area contributed by atoms with Gasteiger partial charge in [-0.2, -0.15) is 0 Å². The van der Waals surface area contributed by atoms with Gasteiger partial charge in [0, 0.05) is 22.5 Å². The maximum atomic E-state index is 13.5. The van der Waals surface area contributed by atoms with Crippen LogP contribution in [0.4, 0.5) is 15.8 Å².